The van der Waals surface area contributed by atoms with Crippen molar-refractivity contribution in [2.45, 2.75) is 40.8 Å². The number of nitrogens with zero attached hydrogens (tertiary/aromatic N) is 2. The van der Waals surface area contributed by atoms with Gasteiger partial charge in [-0.2, -0.15) is 5.10 Å². The number of carbonyl (C=O) groups excluding carboxylic acids is 1. The van der Waals surface area contributed by atoms with Gasteiger partial charge in [-0.15, -0.1) is 0 Å². The molecule has 0 atom stereocenters. The molecule has 2 aromatic carbocycles. The normalized spacial score (nSPS) is 11.0. The van der Waals surface area contributed by atoms with Gasteiger partial charge in [0.1, 0.15) is 23.9 Å². The summed E-state index contributed by atoms with van der Waals surface area (Å²) in [4.78, 5) is 12.8. The summed E-state index contributed by atoms with van der Waals surface area (Å²) >= 11 is 6.15. The molecule has 176 valence electrons. The van der Waals surface area contributed by atoms with Gasteiger partial charge in [-0.1, -0.05) is 35.9 Å². The van der Waals surface area contributed by atoms with Crippen LogP contribution < -0.4 is 10.1 Å². The lowest BCUT2D eigenvalue weighted by atomic mass is 10.1. The van der Waals surface area contributed by atoms with Gasteiger partial charge in [0.15, 0.2) is 5.76 Å². The van der Waals surface area contributed by atoms with Gasteiger partial charge in [-0.25, -0.2) is 4.39 Å². The molecule has 0 aliphatic carbocycles. The second-order valence-electron chi connectivity index (χ2n) is 8.13. The van der Waals surface area contributed by atoms with Crippen LogP contribution in [0.15, 0.2) is 52.9 Å². The standard InChI is InChI=1S/C26H25ClFN3O3/c1-15-7-5-8-16(2)25(15)33-14-19-11-12-23(34-19)26(32)29-24-17(3)30-31(18(24)4)13-20-21(27)9-6-10-22(20)28/h5-12H,13-14H2,1-4H3,(H,29,32). The molecule has 0 aliphatic rings. The lowest BCUT2D eigenvalue weighted by Gasteiger charge is -2.10. The maximum Gasteiger partial charge on any atom is 0.291 e. The van der Waals surface area contributed by atoms with E-state index in [4.69, 9.17) is 20.8 Å². The summed E-state index contributed by atoms with van der Waals surface area (Å²) < 4.78 is 27.4. The van der Waals surface area contributed by atoms with E-state index < -0.39 is 11.7 Å². The average Bonchev–Trinajstić information content (AvgIpc) is 3.36. The monoisotopic (exact) mass is 481 g/mol. The van der Waals surface area contributed by atoms with Crippen molar-refractivity contribution in [3.8, 4) is 5.75 Å². The van der Waals surface area contributed by atoms with Crippen LogP contribution in [0.3, 0.4) is 0 Å². The van der Waals surface area contributed by atoms with E-state index in [1.165, 1.54) is 6.07 Å². The first-order valence-electron chi connectivity index (χ1n) is 10.8. The molecule has 8 heteroatoms. The molecule has 0 unspecified atom stereocenters. The highest BCUT2D eigenvalue weighted by molar-refractivity contribution is 6.31. The van der Waals surface area contributed by atoms with E-state index in [2.05, 4.69) is 10.4 Å². The number of benzene rings is 2. The molecular formula is C26H25ClFN3O3. The third kappa shape index (κ3) is 4.84. The highest BCUT2D eigenvalue weighted by Gasteiger charge is 2.19. The Hall–Kier alpha value is -3.58. The number of carbonyl (C=O) groups is 1. The zero-order valence-electron chi connectivity index (χ0n) is 19.4. The molecule has 0 radical (unpaired) electrons. The van der Waals surface area contributed by atoms with Crippen LogP contribution in [0.4, 0.5) is 10.1 Å². The Kier molecular flexibility index (Phi) is 6.75. The van der Waals surface area contributed by atoms with Gasteiger partial charge in [-0.3, -0.25) is 9.48 Å². The number of rotatable bonds is 7. The molecule has 2 aromatic heterocycles. The summed E-state index contributed by atoms with van der Waals surface area (Å²) in [6, 6.07) is 13.8. The van der Waals surface area contributed by atoms with Crippen LogP contribution in [0.5, 0.6) is 5.75 Å². The van der Waals surface area contributed by atoms with Crippen molar-refractivity contribution in [3.63, 3.8) is 0 Å². The highest BCUT2D eigenvalue weighted by Crippen LogP contribution is 2.26. The number of aryl methyl sites for hydroxylation is 3. The number of ether oxygens (including phenoxy) is 1. The lowest BCUT2D eigenvalue weighted by Crippen LogP contribution is -2.13. The van der Waals surface area contributed by atoms with E-state index in [0.29, 0.717) is 33.4 Å². The number of furan rings is 1. The third-order valence-corrected chi connectivity index (χ3v) is 6.00. The molecule has 6 nitrogen and oxygen atoms in total. The Morgan fingerprint density at radius 2 is 1.79 bits per heavy atom. The van der Waals surface area contributed by atoms with Crippen molar-refractivity contribution in [1.82, 2.24) is 9.78 Å². The van der Waals surface area contributed by atoms with Gasteiger partial charge in [-0.05, 0) is 63.1 Å². The topological polar surface area (TPSA) is 69.3 Å². The molecule has 0 bridgehead atoms. The number of nitrogens with one attached hydrogen (secondary N) is 1. The van der Waals surface area contributed by atoms with Crippen LogP contribution in [0, 0.1) is 33.5 Å². The minimum absolute atomic E-state index is 0.147. The van der Waals surface area contributed by atoms with Crippen molar-refractivity contribution in [1.29, 1.82) is 0 Å². The van der Waals surface area contributed by atoms with Gasteiger partial charge in [0, 0.05) is 10.6 Å². The number of amides is 1. The fourth-order valence-electron chi connectivity index (χ4n) is 3.79. The van der Waals surface area contributed by atoms with E-state index in [9.17, 15) is 9.18 Å². The predicted octanol–water partition coefficient (Wildman–Crippen LogP) is 6.38. The van der Waals surface area contributed by atoms with Crippen molar-refractivity contribution in [3.05, 3.63) is 99.0 Å². The van der Waals surface area contributed by atoms with E-state index in [1.807, 2.05) is 32.0 Å². The van der Waals surface area contributed by atoms with Crippen LogP contribution in [0.1, 0.15) is 44.4 Å². The van der Waals surface area contributed by atoms with Crippen LogP contribution in [-0.2, 0) is 13.2 Å². The Morgan fingerprint density at radius 3 is 2.50 bits per heavy atom. The Morgan fingerprint density at radius 1 is 1.09 bits per heavy atom. The zero-order valence-corrected chi connectivity index (χ0v) is 20.2. The molecule has 4 aromatic rings. The SMILES string of the molecule is Cc1cccc(C)c1OCc1ccc(C(=O)Nc2c(C)nn(Cc3c(F)cccc3Cl)c2C)o1. The third-order valence-electron chi connectivity index (χ3n) is 5.64. The molecular weight excluding hydrogens is 457 g/mol. The van der Waals surface area contributed by atoms with Crippen molar-refractivity contribution in [2.75, 3.05) is 5.32 Å². The van der Waals surface area contributed by atoms with E-state index in [1.54, 1.807) is 42.8 Å². The van der Waals surface area contributed by atoms with Gasteiger partial charge in [0.2, 0.25) is 0 Å². The summed E-state index contributed by atoms with van der Waals surface area (Å²) in [5, 5.41) is 7.62. The smallest absolute Gasteiger partial charge is 0.291 e. The van der Waals surface area contributed by atoms with Crippen molar-refractivity contribution < 1.29 is 18.3 Å². The predicted molar refractivity (Wildman–Crippen MR) is 129 cm³/mol. The Labute approximate surface area is 202 Å². The van der Waals surface area contributed by atoms with Gasteiger partial charge in [0.05, 0.1) is 23.6 Å². The largest absolute Gasteiger partial charge is 0.485 e. The lowest BCUT2D eigenvalue weighted by molar-refractivity contribution is 0.0992. The first-order valence-corrected chi connectivity index (χ1v) is 11.2. The molecule has 0 fully saturated rings. The molecule has 1 amide bonds. The number of halogens is 2. The van der Waals surface area contributed by atoms with Crippen LogP contribution >= 0.6 is 11.6 Å². The Bertz CT molecular complexity index is 1320. The van der Waals surface area contributed by atoms with Gasteiger partial charge < -0.3 is 14.5 Å². The Balaban J connectivity index is 1.46. The summed E-state index contributed by atoms with van der Waals surface area (Å²) in [6.07, 6.45) is 0. The number of hydrogen-bond donors (Lipinski definition) is 1. The van der Waals surface area contributed by atoms with Crippen molar-refractivity contribution >= 4 is 23.2 Å². The average molecular weight is 482 g/mol. The second kappa shape index (κ2) is 9.73. The second-order valence-corrected chi connectivity index (χ2v) is 8.54. The van der Waals surface area contributed by atoms with Crippen LogP contribution in [-0.4, -0.2) is 15.7 Å². The summed E-state index contributed by atoms with van der Waals surface area (Å²) in [6.45, 7) is 7.89. The first-order chi connectivity index (χ1) is 16.2. The molecule has 0 saturated heterocycles. The zero-order chi connectivity index (χ0) is 24.4. The fraction of sp³-hybridized carbons (Fsp3) is 0.231. The molecule has 0 saturated carbocycles. The van der Waals surface area contributed by atoms with E-state index in [-0.39, 0.29) is 18.9 Å². The van der Waals surface area contributed by atoms with Crippen molar-refractivity contribution in [2.24, 2.45) is 0 Å². The molecule has 0 spiro atoms. The molecule has 0 aliphatic heterocycles. The quantitative estimate of drug-likeness (QED) is 0.332. The maximum atomic E-state index is 14.2. The van der Waals surface area contributed by atoms with E-state index >= 15 is 0 Å². The van der Waals surface area contributed by atoms with Crippen LogP contribution in [0.25, 0.3) is 0 Å². The summed E-state index contributed by atoms with van der Waals surface area (Å²) in [5.74, 6) is 0.679. The fourth-order valence-corrected chi connectivity index (χ4v) is 4.01. The number of hydrogen-bond acceptors (Lipinski definition) is 4. The molecule has 4 rings (SSSR count). The molecule has 1 N–H and O–H groups in total. The minimum Gasteiger partial charge on any atom is -0.485 e. The summed E-state index contributed by atoms with van der Waals surface area (Å²) in [7, 11) is 0. The van der Waals surface area contributed by atoms with Gasteiger partial charge >= 0.3 is 0 Å². The van der Waals surface area contributed by atoms with Crippen LogP contribution in [0.2, 0.25) is 5.02 Å². The first kappa shape index (κ1) is 23.6. The maximum absolute atomic E-state index is 14.2. The molecule has 2 heterocycles. The van der Waals surface area contributed by atoms with E-state index in [0.717, 1.165) is 16.9 Å². The minimum atomic E-state index is -0.409. The number of aromatic nitrogens is 2. The molecule has 34 heavy (non-hydrogen) atoms. The highest BCUT2D eigenvalue weighted by atomic mass is 35.5. The van der Waals surface area contributed by atoms with Gasteiger partial charge in [0.25, 0.3) is 5.91 Å². The summed E-state index contributed by atoms with van der Waals surface area (Å²) in [5.41, 5.74) is 4.22. The number of anilines is 1. The number of para-hydroxylation sites is 1.